The third kappa shape index (κ3) is 2.11. The molecular formula is C13H14FN5O. The lowest BCUT2D eigenvalue weighted by molar-refractivity contribution is 0.0938. The van der Waals surface area contributed by atoms with Crippen molar-refractivity contribution in [3.8, 4) is 11.4 Å². The van der Waals surface area contributed by atoms with Gasteiger partial charge in [-0.25, -0.2) is 9.97 Å². The molecule has 2 aromatic rings. The molecule has 3 rings (SSSR count). The average Bonchev–Trinajstić information content (AvgIpc) is 2.88. The average molecular weight is 275 g/mol. The zero-order chi connectivity index (χ0) is 14.1. The van der Waals surface area contributed by atoms with Gasteiger partial charge in [-0.2, -0.15) is 0 Å². The molecule has 2 aromatic heterocycles. The van der Waals surface area contributed by atoms with Gasteiger partial charge in [0.1, 0.15) is 0 Å². The first kappa shape index (κ1) is 12.6. The summed E-state index contributed by atoms with van der Waals surface area (Å²) in [6.07, 6.45) is 1.93. The van der Waals surface area contributed by atoms with Gasteiger partial charge in [0.25, 0.3) is 5.91 Å². The molecule has 4 N–H and O–H groups in total. The Labute approximate surface area is 114 Å². The Morgan fingerprint density at radius 2 is 2.35 bits per heavy atom. The topological polar surface area (TPSA) is 96.7 Å². The molecule has 104 valence electrons. The summed E-state index contributed by atoms with van der Waals surface area (Å²) in [5.74, 6) is -0.0277. The number of nitrogens with two attached hydrogens (primary N) is 1. The number of hydrogen-bond acceptors (Lipinski definition) is 4. The van der Waals surface area contributed by atoms with E-state index >= 15 is 0 Å². The SMILES string of the molecule is Nc1nccc(-c2cc3c([nH]2)[C@H](CCF)CNC3=O)n1. The Bertz CT molecular complexity index is 654. The fourth-order valence-corrected chi connectivity index (χ4v) is 2.43. The Balaban J connectivity index is 2.04. The number of halogens is 1. The molecule has 0 saturated heterocycles. The van der Waals surface area contributed by atoms with Crippen LogP contribution in [0.5, 0.6) is 0 Å². The van der Waals surface area contributed by atoms with Gasteiger partial charge in [-0.15, -0.1) is 0 Å². The van der Waals surface area contributed by atoms with Crippen LogP contribution in [0.2, 0.25) is 0 Å². The number of carbonyl (C=O) groups is 1. The number of aromatic amines is 1. The number of carbonyl (C=O) groups excluding carboxylic acids is 1. The van der Waals surface area contributed by atoms with Gasteiger partial charge in [0.05, 0.1) is 23.6 Å². The number of amides is 1. The van der Waals surface area contributed by atoms with Crippen molar-refractivity contribution in [2.24, 2.45) is 0 Å². The van der Waals surface area contributed by atoms with Gasteiger partial charge < -0.3 is 16.0 Å². The summed E-state index contributed by atoms with van der Waals surface area (Å²) < 4.78 is 12.6. The summed E-state index contributed by atoms with van der Waals surface area (Å²) in [5, 5.41) is 2.77. The van der Waals surface area contributed by atoms with E-state index in [0.717, 1.165) is 5.69 Å². The third-order valence-corrected chi connectivity index (χ3v) is 3.42. The second kappa shape index (κ2) is 4.92. The summed E-state index contributed by atoms with van der Waals surface area (Å²) >= 11 is 0. The molecule has 0 saturated carbocycles. The van der Waals surface area contributed by atoms with E-state index in [4.69, 9.17) is 5.73 Å². The maximum Gasteiger partial charge on any atom is 0.253 e. The normalized spacial score (nSPS) is 17.6. The molecule has 20 heavy (non-hydrogen) atoms. The van der Waals surface area contributed by atoms with Crippen LogP contribution in [-0.2, 0) is 0 Å². The number of fused-ring (bicyclic) bond motifs is 1. The van der Waals surface area contributed by atoms with Crippen molar-refractivity contribution in [2.45, 2.75) is 12.3 Å². The van der Waals surface area contributed by atoms with Crippen molar-refractivity contribution in [1.29, 1.82) is 0 Å². The molecule has 0 unspecified atom stereocenters. The number of nitrogens with zero attached hydrogens (tertiary/aromatic N) is 2. The summed E-state index contributed by atoms with van der Waals surface area (Å²) in [7, 11) is 0. The highest BCUT2D eigenvalue weighted by atomic mass is 19.1. The molecule has 0 aliphatic carbocycles. The van der Waals surface area contributed by atoms with Crippen molar-refractivity contribution >= 4 is 11.9 Å². The number of alkyl halides is 1. The van der Waals surface area contributed by atoms with Crippen LogP contribution in [0.1, 0.15) is 28.4 Å². The van der Waals surface area contributed by atoms with Crippen molar-refractivity contribution in [3.63, 3.8) is 0 Å². The molecule has 0 spiro atoms. The molecule has 0 bridgehead atoms. The number of anilines is 1. The fraction of sp³-hybridized carbons (Fsp3) is 0.308. The highest BCUT2D eigenvalue weighted by molar-refractivity contribution is 5.98. The Hall–Kier alpha value is -2.44. The minimum Gasteiger partial charge on any atom is -0.368 e. The number of rotatable bonds is 3. The van der Waals surface area contributed by atoms with Crippen LogP contribution in [0.3, 0.4) is 0 Å². The summed E-state index contributed by atoms with van der Waals surface area (Å²) in [6.45, 7) is 0.0242. The number of nitrogens with one attached hydrogen (secondary N) is 2. The van der Waals surface area contributed by atoms with Gasteiger partial charge in [-0.05, 0) is 18.6 Å². The van der Waals surface area contributed by atoms with Gasteiger partial charge in [0.15, 0.2) is 0 Å². The van der Waals surface area contributed by atoms with Crippen LogP contribution in [-0.4, -0.2) is 34.1 Å². The van der Waals surface area contributed by atoms with Gasteiger partial charge >= 0.3 is 0 Å². The lowest BCUT2D eigenvalue weighted by atomic mass is 9.95. The van der Waals surface area contributed by atoms with Gasteiger partial charge in [-0.1, -0.05) is 0 Å². The summed E-state index contributed by atoms with van der Waals surface area (Å²) in [6, 6.07) is 3.42. The molecule has 1 aliphatic rings. The van der Waals surface area contributed by atoms with E-state index < -0.39 is 6.67 Å². The predicted octanol–water partition coefficient (Wildman–Crippen LogP) is 1.24. The first-order valence-electron chi connectivity index (χ1n) is 6.35. The van der Waals surface area contributed by atoms with Crippen LogP contribution in [0.4, 0.5) is 10.3 Å². The molecule has 0 aromatic carbocycles. The lowest BCUT2D eigenvalue weighted by Crippen LogP contribution is -2.34. The van der Waals surface area contributed by atoms with Crippen LogP contribution in [0, 0.1) is 0 Å². The molecule has 7 heteroatoms. The summed E-state index contributed by atoms with van der Waals surface area (Å²) in [5.41, 5.74) is 8.16. The van der Waals surface area contributed by atoms with Crippen LogP contribution >= 0.6 is 0 Å². The van der Waals surface area contributed by atoms with E-state index in [2.05, 4.69) is 20.3 Å². The molecule has 1 amide bonds. The highest BCUT2D eigenvalue weighted by Gasteiger charge is 2.28. The van der Waals surface area contributed by atoms with E-state index in [1.807, 2.05) is 0 Å². The number of nitrogen functional groups attached to an aromatic ring is 1. The Morgan fingerprint density at radius 1 is 1.50 bits per heavy atom. The Morgan fingerprint density at radius 3 is 3.10 bits per heavy atom. The zero-order valence-electron chi connectivity index (χ0n) is 10.7. The minimum atomic E-state index is -0.422. The lowest BCUT2D eigenvalue weighted by Gasteiger charge is -2.21. The molecule has 0 fully saturated rings. The van der Waals surface area contributed by atoms with Crippen molar-refractivity contribution in [3.05, 3.63) is 29.6 Å². The molecular weight excluding hydrogens is 261 g/mol. The van der Waals surface area contributed by atoms with E-state index in [9.17, 15) is 9.18 Å². The molecule has 1 atom stereocenters. The standard InChI is InChI=1S/C13H14FN5O/c14-3-1-7-6-17-12(20)8-5-10(18-11(7)8)9-2-4-16-13(15)19-9/h2,4-5,7,18H,1,3,6H2,(H,17,20)(H2,15,16,19)/t7-/m1/s1. The molecule has 6 nitrogen and oxygen atoms in total. The minimum absolute atomic E-state index is 0.0411. The molecule has 3 heterocycles. The summed E-state index contributed by atoms with van der Waals surface area (Å²) in [4.78, 5) is 23.0. The van der Waals surface area contributed by atoms with Gasteiger partial charge in [0, 0.05) is 24.4 Å². The fourth-order valence-electron chi connectivity index (χ4n) is 2.43. The van der Waals surface area contributed by atoms with Crippen molar-refractivity contribution in [2.75, 3.05) is 19.0 Å². The highest BCUT2D eigenvalue weighted by Crippen LogP contribution is 2.30. The molecule has 0 radical (unpaired) electrons. The van der Waals surface area contributed by atoms with Crippen molar-refractivity contribution < 1.29 is 9.18 Å². The van der Waals surface area contributed by atoms with Crippen molar-refractivity contribution in [1.82, 2.24) is 20.3 Å². The predicted molar refractivity (Wildman–Crippen MR) is 71.9 cm³/mol. The van der Waals surface area contributed by atoms with E-state index in [-0.39, 0.29) is 17.8 Å². The van der Waals surface area contributed by atoms with E-state index in [1.165, 1.54) is 0 Å². The number of aromatic nitrogens is 3. The van der Waals surface area contributed by atoms with E-state index in [0.29, 0.717) is 29.9 Å². The van der Waals surface area contributed by atoms with Crippen LogP contribution in [0.25, 0.3) is 11.4 Å². The number of hydrogen-bond donors (Lipinski definition) is 3. The third-order valence-electron chi connectivity index (χ3n) is 3.42. The Kier molecular flexibility index (Phi) is 3.09. The first-order chi connectivity index (χ1) is 9.69. The van der Waals surface area contributed by atoms with Gasteiger partial charge in [0.2, 0.25) is 5.95 Å². The second-order valence-corrected chi connectivity index (χ2v) is 4.70. The maximum absolute atomic E-state index is 12.6. The largest absolute Gasteiger partial charge is 0.368 e. The van der Waals surface area contributed by atoms with Crippen LogP contribution < -0.4 is 11.1 Å². The zero-order valence-corrected chi connectivity index (χ0v) is 10.7. The smallest absolute Gasteiger partial charge is 0.253 e. The molecule has 1 aliphatic heterocycles. The number of H-pyrrole nitrogens is 1. The second-order valence-electron chi connectivity index (χ2n) is 4.70. The van der Waals surface area contributed by atoms with E-state index in [1.54, 1.807) is 18.3 Å². The monoisotopic (exact) mass is 275 g/mol. The maximum atomic E-state index is 12.6. The van der Waals surface area contributed by atoms with Gasteiger partial charge in [-0.3, -0.25) is 9.18 Å². The van der Waals surface area contributed by atoms with Crippen LogP contribution in [0.15, 0.2) is 18.3 Å². The quantitative estimate of drug-likeness (QED) is 0.785. The first-order valence-corrected chi connectivity index (χ1v) is 6.35.